The van der Waals surface area contributed by atoms with Gasteiger partial charge < -0.3 is 20.4 Å². The van der Waals surface area contributed by atoms with Gasteiger partial charge in [-0.1, -0.05) is 20.8 Å². The van der Waals surface area contributed by atoms with Crippen molar-refractivity contribution < 1.29 is 9.59 Å². The average molecular weight is 444 g/mol. The van der Waals surface area contributed by atoms with Crippen LogP contribution in [0.5, 0.6) is 0 Å². The van der Waals surface area contributed by atoms with Crippen molar-refractivity contribution in [2.24, 2.45) is 11.8 Å². The Morgan fingerprint density at radius 1 is 1.06 bits per heavy atom. The summed E-state index contributed by atoms with van der Waals surface area (Å²) in [7, 11) is 2.15. The third-order valence-electron chi connectivity index (χ3n) is 7.04. The number of aryl methyl sites for hydroxylation is 1. The van der Waals surface area contributed by atoms with Gasteiger partial charge in [0, 0.05) is 63.1 Å². The van der Waals surface area contributed by atoms with Gasteiger partial charge in [0.1, 0.15) is 0 Å². The molecule has 1 aromatic rings. The zero-order valence-corrected chi connectivity index (χ0v) is 20.5. The Balaban J connectivity index is 1.53. The molecule has 2 N–H and O–H groups in total. The lowest BCUT2D eigenvalue weighted by molar-refractivity contribution is 0.0697. The summed E-state index contributed by atoms with van der Waals surface area (Å²) in [5, 5.41) is 6.03. The molecule has 7 heteroatoms. The molecule has 0 bridgehead atoms. The van der Waals surface area contributed by atoms with Crippen LogP contribution in [0.15, 0.2) is 18.2 Å². The van der Waals surface area contributed by atoms with Crippen LogP contribution in [-0.4, -0.2) is 85.5 Å². The number of nitrogens with zero attached hydrogens (tertiary/aromatic N) is 3. The first kappa shape index (κ1) is 24.5. The van der Waals surface area contributed by atoms with Gasteiger partial charge in [0.25, 0.3) is 5.91 Å². The highest BCUT2D eigenvalue weighted by Crippen LogP contribution is 2.21. The molecule has 0 aliphatic carbocycles. The minimum absolute atomic E-state index is 0.0861. The van der Waals surface area contributed by atoms with E-state index in [4.69, 9.17) is 0 Å². The summed E-state index contributed by atoms with van der Waals surface area (Å²) in [6.45, 7) is 15.1. The SMILES string of the molecule is Cc1cc(C(=O)N2CCC(C)CC2)ccc1NC(=O)NCC(C(C)C)N1CCN(C)CC1. The molecule has 2 aliphatic heterocycles. The van der Waals surface area contributed by atoms with Crippen LogP contribution in [0.4, 0.5) is 10.5 Å². The Bertz CT molecular complexity index is 781. The van der Waals surface area contributed by atoms with Crippen molar-refractivity contribution in [3.63, 3.8) is 0 Å². The third-order valence-corrected chi connectivity index (χ3v) is 7.04. The molecule has 2 fully saturated rings. The number of anilines is 1. The number of rotatable bonds is 6. The summed E-state index contributed by atoms with van der Waals surface area (Å²) in [5.74, 6) is 1.24. The molecule has 1 atom stereocenters. The summed E-state index contributed by atoms with van der Waals surface area (Å²) in [6.07, 6.45) is 2.13. The zero-order valence-electron chi connectivity index (χ0n) is 20.5. The quantitative estimate of drug-likeness (QED) is 0.708. The van der Waals surface area contributed by atoms with Gasteiger partial charge in [-0.05, 0) is 62.4 Å². The predicted octanol–water partition coefficient (Wildman–Crippen LogP) is 3.26. The molecule has 2 aliphatic rings. The van der Waals surface area contributed by atoms with E-state index in [9.17, 15) is 9.59 Å². The van der Waals surface area contributed by atoms with E-state index in [1.54, 1.807) is 0 Å². The lowest BCUT2D eigenvalue weighted by atomic mass is 9.98. The molecule has 2 saturated heterocycles. The molecular formula is C25H41N5O2. The summed E-state index contributed by atoms with van der Waals surface area (Å²) in [5.41, 5.74) is 2.33. The van der Waals surface area contributed by atoms with E-state index < -0.39 is 0 Å². The van der Waals surface area contributed by atoms with Gasteiger partial charge in [0.2, 0.25) is 0 Å². The molecule has 2 heterocycles. The van der Waals surface area contributed by atoms with Crippen molar-refractivity contribution in [3.8, 4) is 0 Å². The van der Waals surface area contributed by atoms with Crippen molar-refractivity contribution in [1.82, 2.24) is 20.0 Å². The molecular weight excluding hydrogens is 402 g/mol. The maximum absolute atomic E-state index is 12.8. The van der Waals surface area contributed by atoms with Crippen molar-refractivity contribution in [1.29, 1.82) is 0 Å². The Morgan fingerprint density at radius 3 is 2.31 bits per heavy atom. The van der Waals surface area contributed by atoms with Crippen LogP contribution < -0.4 is 10.6 Å². The standard InChI is InChI=1S/C25H41N5O2/c1-18(2)23(29-14-12-28(5)13-15-29)17-26-25(32)27-22-7-6-21(16-20(22)4)24(31)30-10-8-19(3)9-11-30/h6-7,16,18-19,23H,8-15,17H2,1-5H3,(H2,26,27,32). The maximum atomic E-state index is 12.8. The first-order chi connectivity index (χ1) is 15.2. The summed E-state index contributed by atoms with van der Waals surface area (Å²) in [4.78, 5) is 32.2. The molecule has 0 spiro atoms. The van der Waals surface area contributed by atoms with Gasteiger partial charge in [-0.3, -0.25) is 9.69 Å². The fraction of sp³-hybridized carbons (Fsp3) is 0.680. The van der Waals surface area contributed by atoms with Crippen molar-refractivity contribution >= 4 is 17.6 Å². The molecule has 3 amide bonds. The van der Waals surface area contributed by atoms with E-state index in [-0.39, 0.29) is 11.9 Å². The number of nitrogens with one attached hydrogen (secondary N) is 2. The highest BCUT2D eigenvalue weighted by atomic mass is 16.2. The average Bonchev–Trinajstić information content (AvgIpc) is 2.76. The third kappa shape index (κ3) is 6.45. The van der Waals surface area contributed by atoms with Gasteiger partial charge in [-0.15, -0.1) is 0 Å². The number of piperidine rings is 1. The minimum Gasteiger partial charge on any atom is -0.339 e. The molecule has 32 heavy (non-hydrogen) atoms. The number of likely N-dealkylation sites (N-methyl/N-ethyl adjacent to an activating group) is 1. The second-order valence-electron chi connectivity index (χ2n) is 9.99. The van der Waals surface area contributed by atoms with Gasteiger partial charge in [0.15, 0.2) is 0 Å². The number of carbonyl (C=O) groups is 2. The zero-order chi connectivity index (χ0) is 23.3. The largest absolute Gasteiger partial charge is 0.339 e. The summed E-state index contributed by atoms with van der Waals surface area (Å²) in [6, 6.07) is 5.68. The lowest BCUT2D eigenvalue weighted by Gasteiger charge is -2.39. The number of urea groups is 1. The predicted molar refractivity (Wildman–Crippen MR) is 130 cm³/mol. The molecule has 0 radical (unpaired) electrons. The number of hydrogen-bond acceptors (Lipinski definition) is 4. The van der Waals surface area contributed by atoms with Crippen LogP contribution >= 0.6 is 0 Å². The molecule has 0 saturated carbocycles. The number of benzene rings is 1. The van der Waals surface area contributed by atoms with E-state index in [0.29, 0.717) is 30.0 Å². The highest BCUT2D eigenvalue weighted by Gasteiger charge is 2.25. The van der Waals surface area contributed by atoms with Gasteiger partial charge in [-0.2, -0.15) is 0 Å². The van der Waals surface area contributed by atoms with Crippen molar-refractivity contribution in [2.45, 2.75) is 46.6 Å². The highest BCUT2D eigenvalue weighted by molar-refractivity contribution is 5.96. The molecule has 178 valence electrons. The fourth-order valence-electron chi connectivity index (χ4n) is 4.63. The number of carbonyl (C=O) groups excluding carboxylic acids is 2. The smallest absolute Gasteiger partial charge is 0.319 e. The van der Waals surface area contributed by atoms with E-state index in [1.165, 1.54) is 0 Å². The van der Waals surface area contributed by atoms with Crippen LogP contribution in [0.25, 0.3) is 0 Å². The maximum Gasteiger partial charge on any atom is 0.319 e. The van der Waals surface area contributed by atoms with Gasteiger partial charge in [-0.25, -0.2) is 4.79 Å². The number of likely N-dealkylation sites (tertiary alicyclic amines) is 1. The Morgan fingerprint density at radius 2 is 1.72 bits per heavy atom. The van der Waals surface area contributed by atoms with Crippen LogP contribution in [-0.2, 0) is 0 Å². The van der Waals surface area contributed by atoms with E-state index in [0.717, 1.165) is 63.4 Å². The topological polar surface area (TPSA) is 67.9 Å². The second kappa shape index (κ2) is 11.1. The molecule has 3 rings (SSSR count). The number of piperazine rings is 1. The summed E-state index contributed by atoms with van der Waals surface area (Å²) >= 11 is 0. The van der Waals surface area contributed by atoms with Crippen LogP contribution in [0.1, 0.15) is 49.5 Å². The fourth-order valence-corrected chi connectivity index (χ4v) is 4.63. The molecule has 1 unspecified atom stereocenters. The van der Waals surface area contributed by atoms with Crippen molar-refractivity contribution in [2.75, 3.05) is 58.2 Å². The number of hydrogen-bond donors (Lipinski definition) is 2. The minimum atomic E-state index is -0.197. The van der Waals surface area contributed by atoms with E-state index in [2.05, 4.69) is 48.3 Å². The second-order valence-corrected chi connectivity index (χ2v) is 9.99. The first-order valence-electron chi connectivity index (χ1n) is 12.1. The Labute approximate surface area is 193 Å². The van der Waals surface area contributed by atoms with E-state index >= 15 is 0 Å². The van der Waals surface area contributed by atoms with Crippen LogP contribution in [0.2, 0.25) is 0 Å². The van der Waals surface area contributed by atoms with Crippen molar-refractivity contribution in [3.05, 3.63) is 29.3 Å². The monoisotopic (exact) mass is 443 g/mol. The Hall–Kier alpha value is -2.12. The van der Waals surface area contributed by atoms with Crippen LogP contribution in [0, 0.1) is 18.8 Å². The molecule has 7 nitrogen and oxygen atoms in total. The first-order valence-corrected chi connectivity index (χ1v) is 12.1. The summed E-state index contributed by atoms with van der Waals surface area (Å²) < 4.78 is 0. The lowest BCUT2D eigenvalue weighted by Crippen LogP contribution is -2.54. The Kier molecular flexibility index (Phi) is 8.54. The number of amides is 3. The van der Waals surface area contributed by atoms with Gasteiger partial charge in [0.05, 0.1) is 0 Å². The normalized spacial score (nSPS) is 19.8. The van der Waals surface area contributed by atoms with E-state index in [1.807, 2.05) is 30.0 Å². The molecule has 0 aromatic heterocycles. The van der Waals surface area contributed by atoms with Gasteiger partial charge >= 0.3 is 6.03 Å². The van der Waals surface area contributed by atoms with Crippen LogP contribution in [0.3, 0.4) is 0 Å². The molecule has 1 aromatic carbocycles.